The molecule has 2 aromatic rings. The SMILES string of the molecule is O=[N+]([O-])c1ccc(CC(Cl)c2cc(F)c(Cl)cc2F)cc1. The lowest BCUT2D eigenvalue weighted by Crippen LogP contribution is -2.01. The van der Waals surface area contributed by atoms with E-state index in [4.69, 9.17) is 23.2 Å². The van der Waals surface area contributed by atoms with Gasteiger partial charge in [-0.05, 0) is 24.1 Å². The molecule has 0 aliphatic carbocycles. The van der Waals surface area contributed by atoms with Gasteiger partial charge in [-0.3, -0.25) is 10.1 Å². The molecule has 0 heterocycles. The van der Waals surface area contributed by atoms with E-state index in [9.17, 15) is 18.9 Å². The number of non-ortho nitro benzene ring substituents is 1. The van der Waals surface area contributed by atoms with Gasteiger partial charge < -0.3 is 0 Å². The van der Waals surface area contributed by atoms with E-state index in [0.29, 0.717) is 5.56 Å². The zero-order chi connectivity index (χ0) is 15.6. The first-order chi connectivity index (χ1) is 9.88. The van der Waals surface area contributed by atoms with Crippen molar-refractivity contribution in [2.75, 3.05) is 0 Å². The highest BCUT2D eigenvalue weighted by molar-refractivity contribution is 6.30. The predicted octanol–water partition coefficient (Wildman–Crippen LogP) is 5.05. The lowest BCUT2D eigenvalue weighted by atomic mass is 10.0. The van der Waals surface area contributed by atoms with Crippen molar-refractivity contribution in [2.24, 2.45) is 0 Å². The molecule has 1 atom stereocenters. The van der Waals surface area contributed by atoms with Crippen molar-refractivity contribution < 1.29 is 13.7 Å². The highest BCUT2D eigenvalue weighted by Gasteiger charge is 2.17. The Balaban J connectivity index is 2.19. The van der Waals surface area contributed by atoms with E-state index in [2.05, 4.69) is 0 Å². The molecule has 2 aromatic carbocycles. The molecule has 2 rings (SSSR count). The molecule has 1 unspecified atom stereocenters. The van der Waals surface area contributed by atoms with Crippen LogP contribution in [0.3, 0.4) is 0 Å². The van der Waals surface area contributed by atoms with Crippen LogP contribution in [0.25, 0.3) is 0 Å². The first kappa shape index (κ1) is 15.7. The average molecular weight is 332 g/mol. The number of benzene rings is 2. The third-order valence-electron chi connectivity index (χ3n) is 2.94. The zero-order valence-electron chi connectivity index (χ0n) is 10.5. The predicted molar refractivity (Wildman–Crippen MR) is 76.8 cm³/mol. The van der Waals surface area contributed by atoms with E-state index in [1.165, 1.54) is 24.3 Å². The molecule has 0 amide bonds. The molecule has 0 bridgehead atoms. The molecule has 0 radical (unpaired) electrons. The number of rotatable bonds is 4. The lowest BCUT2D eigenvalue weighted by Gasteiger charge is -2.12. The highest BCUT2D eigenvalue weighted by atomic mass is 35.5. The summed E-state index contributed by atoms with van der Waals surface area (Å²) in [6.45, 7) is 0. The van der Waals surface area contributed by atoms with Gasteiger partial charge in [-0.2, -0.15) is 0 Å². The first-order valence-corrected chi connectivity index (χ1v) is 6.71. The largest absolute Gasteiger partial charge is 0.269 e. The van der Waals surface area contributed by atoms with Gasteiger partial charge in [0.2, 0.25) is 0 Å². The number of nitro groups is 1. The number of alkyl halides is 1. The molecule has 0 saturated heterocycles. The monoisotopic (exact) mass is 331 g/mol. The maximum atomic E-state index is 13.7. The highest BCUT2D eigenvalue weighted by Crippen LogP contribution is 2.30. The smallest absolute Gasteiger partial charge is 0.258 e. The van der Waals surface area contributed by atoms with Gasteiger partial charge in [-0.1, -0.05) is 23.7 Å². The Kier molecular flexibility index (Phi) is 4.75. The number of hydrogen-bond acceptors (Lipinski definition) is 2. The van der Waals surface area contributed by atoms with Gasteiger partial charge >= 0.3 is 0 Å². The minimum atomic E-state index is -0.807. The van der Waals surface area contributed by atoms with Gasteiger partial charge in [0.25, 0.3) is 5.69 Å². The topological polar surface area (TPSA) is 43.1 Å². The molecule has 0 fully saturated rings. The fourth-order valence-corrected chi connectivity index (χ4v) is 2.34. The Morgan fingerprint density at radius 2 is 1.76 bits per heavy atom. The van der Waals surface area contributed by atoms with Gasteiger partial charge in [-0.25, -0.2) is 8.78 Å². The first-order valence-electron chi connectivity index (χ1n) is 5.90. The van der Waals surface area contributed by atoms with Gasteiger partial charge in [0.1, 0.15) is 11.6 Å². The Hall–Kier alpha value is -1.72. The molecular weight excluding hydrogens is 323 g/mol. The summed E-state index contributed by atoms with van der Waals surface area (Å²) >= 11 is 11.6. The summed E-state index contributed by atoms with van der Waals surface area (Å²) in [5.74, 6) is -1.44. The van der Waals surface area contributed by atoms with E-state index < -0.39 is 21.9 Å². The second-order valence-electron chi connectivity index (χ2n) is 4.38. The second-order valence-corrected chi connectivity index (χ2v) is 5.32. The van der Waals surface area contributed by atoms with Crippen molar-refractivity contribution >= 4 is 28.9 Å². The quantitative estimate of drug-likeness (QED) is 0.340. The number of nitro benzene ring substituents is 1. The van der Waals surface area contributed by atoms with Crippen LogP contribution in [-0.2, 0) is 6.42 Å². The summed E-state index contributed by atoms with van der Waals surface area (Å²) in [4.78, 5) is 10.0. The fraction of sp³-hybridized carbons (Fsp3) is 0.143. The van der Waals surface area contributed by atoms with Gasteiger partial charge in [0.05, 0.1) is 15.3 Å². The zero-order valence-corrected chi connectivity index (χ0v) is 12.0. The molecule has 0 N–H and O–H groups in total. The summed E-state index contributed by atoms with van der Waals surface area (Å²) in [5.41, 5.74) is 0.626. The molecule has 0 saturated carbocycles. The van der Waals surface area contributed by atoms with Gasteiger partial charge in [0, 0.05) is 17.7 Å². The van der Waals surface area contributed by atoms with Crippen LogP contribution in [0, 0.1) is 21.7 Å². The van der Waals surface area contributed by atoms with Crippen molar-refractivity contribution in [1.82, 2.24) is 0 Å². The fourth-order valence-electron chi connectivity index (χ4n) is 1.85. The third-order valence-corrected chi connectivity index (χ3v) is 3.62. The van der Waals surface area contributed by atoms with E-state index in [1.54, 1.807) is 0 Å². The maximum absolute atomic E-state index is 13.7. The van der Waals surface area contributed by atoms with Crippen molar-refractivity contribution in [1.29, 1.82) is 0 Å². The molecule has 7 heteroatoms. The van der Waals surface area contributed by atoms with Crippen LogP contribution in [-0.4, -0.2) is 4.92 Å². The van der Waals surface area contributed by atoms with Gasteiger partial charge in [-0.15, -0.1) is 11.6 Å². The van der Waals surface area contributed by atoms with E-state index in [0.717, 1.165) is 12.1 Å². The number of nitrogens with zero attached hydrogens (tertiary/aromatic N) is 1. The molecule has 0 aromatic heterocycles. The minimum absolute atomic E-state index is 0.00285. The molecule has 0 aliphatic heterocycles. The second kappa shape index (κ2) is 6.37. The molecule has 3 nitrogen and oxygen atoms in total. The Bertz CT molecular complexity index is 677. The van der Waals surface area contributed by atoms with Crippen molar-refractivity contribution in [3.8, 4) is 0 Å². The maximum Gasteiger partial charge on any atom is 0.269 e. The molecule has 110 valence electrons. The molecular formula is C14H9Cl2F2NO2. The lowest BCUT2D eigenvalue weighted by molar-refractivity contribution is -0.384. The van der Waals surface area contributed by atoms with Crippen LogP contribution in [0.2, 0.25) is 5.02 Å². The standard InChI is InChI=1S/C14H9Cl2F2NO2/c15-11(10-6-14(18)12(16)7-13(10)17)5-8-1-3-9(4-2-8)19(20)21/h1-4,6-7,11H,5H2. The van der Waals surface area contributed by atoms with E-state index in [1.807, 2.05) is 0 Å². The van der Waals surface area contributed by atoms with Crippen LogP contribution >= 0.6 is 23.2 Å². The molecule has 21 heavy (non-hydrogen) atoms. The summed E-state index contributed by atoms with van der Waals surface area (Å²) in [6, 6.07) is 7.54. The van der Waals surface area contributed by atoms with Crippen molar-refractivity contribution in [2.45, 2.75) is 11.8 Å². The minimum Gasteiger partial charge on any atom is -0.258 e. The molecule has 0 aliphatic rings. The number of halogens is 4. The molecule has 0 spiro atoms. The summed E-state index contributed by atoms with van der Waals surface area (Å²) in [7, 11) is 0. The van der Waals surface area contributed by atoms with Gasteiger partial charge in [0.15, 0.2) is 0 Å². The summed E-state index contributed by atoms with van der Waals surface area (Å²) in [5, 5.41) is 9.43. The third kappa shape index (κ3) is 3.68. The normalized spacial score (nSPS) is 12.2. The summed E-state index contributed by atoms with van der Waals surface area (Å²) in [6.07, 6.45) is 0.206. The van der Waals surface area contributed by atoms with Crippen LogP contribution in [0.4, 0.5) is 14.5 Å². The number of hydrogen-bond donors (Lipinski definition) is 0. The van der Waals surface area contributed by atoms with Crippen LogP contribution in [0.15, 0.2) is 36.4 Å². The summed E-state index contributed by atoms with van der Waals surface area (Å²) < 4.78 is 27.1. The van der Waals surface area contributed by atoms with E-state index >= 15 is 0 Å². The Morgan fingerprint density at radius 3 is 2.33 bits per heavy atom. The van der Waals surface area contributed by atoms with Crippen molar-refractivity contribution in [3.05, 3.63) is 74.3 Å². The van der Waals surface area contributed by atoms with Crippen molar-refractivity contribution in [3.63, 3.8) is 0 Å². The Morgan fingerprint density at radius 1 is 1.14 bits per heavy atom. The van der Waals surface area contributed by atoms with E-state index in [-0.39, 0.29) is 22.7 Å². The van der Waals surface area contributed by atoms with Crippen LogP contribution < -0.4 is 0 Å². The Labute approximate surface area is 129 Å². The average Bonchev–Trinajstić information content (AvgIpc) is 2.43. The van der Waals surface area contributed by atoms with Crippen LogP contribution in [0.5, 0.6) is 0 Å². The van der Waals surface area contributed by atoms with Crippen LogP contribution in [0.1, 0.15) is 16.5 Å².